The number of aliphatic imine (C=N–C) groups is 1. The number of aryl methyl sites for hydroxylation is 1. The minimum atomic E-state index is -0.0397. The Morgan fingerprint density at radius 1 is 0.968 bits per heavy atom. The van der Waals surface area contributed by atoms with Crippen molar-refractivity contribution in [1.29, 1.82) is 0 Å². The summed E-state index contributed by atoms with van der Waals surface area (Å²) in [6, 6.07) is 25.9. The van der Waals surface area contributed by atoms with Crippen molar-refractivity contribution in [1.82, 2.24) is 4.90 Å². The van der Waals surface area contributed by atoms with Crippen LogP contribution in [0.2, 0.25) is 0 Å². The third kappa shape index (κ3) is 5.06. The standard InChI is InChI=1S/C26H24N2O2S/c1-3-21-11-7-8-12-23(21)27-26-28(2)25(29)24(31-26)17-19-13-15-22(16-14-19)30-18-20-9-5-4-6-10-20/h4-17H,3,18H2,1-2H3/b24-17+,27-26?. The first-order valence-electron chi connectivity index (χ1n) is 10.2. The van der Waals surface area contributed by atoms with Gasteiger partial charge in [-0.2, -0.15) is 0 Å². The van der Waals surface area contributed by atoms with Gasteiger partial charge in [0.15, 0.2) is 5.17 Å². The van der Waals surface area contributed by atoms with E-state index in [9.17, 15) is 4.79 Å². The molecule has 31 heavy (non-hydrogen) atoms. The molecule has 1 aliphatic heterocycles. The molecular formula is C26H24N2O2S. The van der Waals surface area contributed by atoms with E-state index in [4.69, 9.17) is 9.73 Å². The van der Waals surface area contributed by atoms with Crippen LogP contribution >= 0.6 is 11.8 Å². The normalized spacial score (nSPS) is 16.3. The molecule has 0 atom stereocenters. The molecule has 3 aromatic rings. The lowest BCUT2D eigenvalue weighted by atomic mass is 10.1. The van der Waals surface area contributed by atoms with Crippen LogP contribution in [0.1, 0.15) is 23.6 Å². The summed E-state index contributed by atoms with van der Waals surface area (Å²) in [5, 5.41) is 0.694. The number of carbonyl (C=O) groups is 1. The number of hydrogen-bond donors (Lipinski definition) is 0. The van der Waals surface area contributed by atoms with Crippen molar-refractivity contribution < 1.29 is 9.53 Å². The summed E-state index contributed by atoms with van der Waals surface area (Å²) in [5.41, 5.74) is 4.15. The number of nitrogens with zero attached hydrogens (tertiary/aromatic N) is 2. The van der Waals surface area contributed by atoms with Gasteiger partial charge in [-0.05, 0) is 59.1 Å². The predicted molar refractivity (Wildman–Crippen MR) is 128 cm³/mol. The molecular weight excluding hydrogens is 404 g/mol. The van der Waals surface area contributed by atoms with E-state index >= 15 is 0 Å². The van der Waals surface area contributed by atoms with Gasteiger partial charge in [0, 0.05) is 7.05 Å². The second-order valence-electron chi connectivity index (χ2n) is 7.19. The van der Waals surface area contributed by atoms with Gasteiger partial charge in [-0.25, -0.2) is 4.99 Å². The van der Waals surface area contributed by atoms with Gasteiger partial charge >= 0.3 is 0 Å². The molecule has 0 aliphatic carbocycles. The first-order valence-corrected chi connectivity index (χ1v) is 11.1. The molecule has 5 heteroatoms. The highest BCUT2D eigenvalue weighted by Gasteiger charge is 2.30. The number of likely N-dealkylation sites (N-methyl/N-ethyl adjacent to an activating group) is 1. The molecule has 1 fully saturated rings. The number of hydrogen-bond acceptors (Lipinski definition) is 4. The highest BCUT2D eigenvalue weighted by atomic mass is 32.2. The Kier molecular flexibility index (Phi) is 6.53. The number of ether oxygens (including phenoxy) is 1. The maximum absolute atomic E-state index is 12.7. The SMILES string of the molecule is CCc1ccccc1N=C1S/C(=C/c2ccc(OCc3ccccc3)cc2)C(=O)N1C. The second-order valence-corrected chi connectivity index (χ2v) is 8.20. The number of rotatable bonds is 6. The Hall–Kier alpha value is -3.31. The lowest BCUT2D eigenvalue weighted by molar-refractivity contribution is -0.121. The summed E-state index contributed by atoms with van der Waals surface area (Å²) in [6.45, 7) is 2.63. The maximum Gasteiger partial charge on any atom is 0.266 e. The summed E-state index contributed by atoms with van der Waals surface area (Å²) in [4.78, 5) is 19.7. The van der Waals surface area contributed by atoms with Gasteiger partial charge in [-0.1, -0.05) is 67.6 Å². The molecule has 1 amide bonds. The Morgan fingerprint density at radius 3 is 2.42 bits per heavy atom. The average Bonchev–Trinajstić information content (AvgIpc) is 3.07. The molecule has 0 aromatic heterocycles. The first kappa shape index (κ1) is 20.9. The first-order chi connectivity index (χ1) is 15.1. The number of thioether (sulfide) groups is 1. The monoisotopic (exact) mass is 428 g/mol. The fourth-order valence-corrected chi connectivity index (χ4v) is 4.21. The highest BCUT2D eigenvalue weighted by molar-refractivity contribution is 8.18. The number of amidine groups is 1. The summed E-state index contributed by atoms with van der Waals surface area (Å²) >= 11 is 1.40. The van der Waals surface area contributed by atoms with Crippen molar-refractivity contribution in [3.8, 4) is 5.75 Å². The van der Waals surface area contributed by atoms with Crippen LogP contribution in [-0.4, -0.2) is 23.0 Å². The second kappa shape index (κ2) is 9.67. The number of carbonyl (C=O) groups excluding carboxylic acids is 1. The fourth-order valence-electron chi connectivity index (χ4n) is 3.23. The molecule has 0 unspecified atom stereocenters. The van der Waals surface area contributed by atoms with Gasteiger partial charge in [-0.3, -0.25) is 9.69 Å². The van der Waals surface area contributed by atoms with Gasteiger partial charge in [-0.15, -0.1) is 0 Å². The molecule has 3 aromatic carbocycles. The van der Waals surface area contributed by atoms with Crippen molar-refractivity contribution >= 4 is 34.6 Å². The Bertz CT molecular complexity index is 1120. The molecule has 0 radical (unpaired) electrons. The zero-order valence-corrected chi connectivity index (χ0v) is 18.4. The van der Waals surface area contributed by atoms with E-state index in [1.165, 1.54) is 17.3 Å². The summed E-state index contributed by atoms with van der Waals surface area (Å²) < 4.78 is 5.84. The molecule has 4 nitrogen and oxygen atoms in total. The van der Waals surface area contributed by atoms with Gasteiger partial charge in [0.05, 0.1) is 10.6 Å². The molecule has 1 saturated heterocycles. The van der Waals surface area contributed by atoms with E-state index in [0.717, 1.165) is 29.0 Å². The van der Waals surface area contributed by atoms with Crippen LogP contribution in [0.25, 0.3) is 6.08 Å². The molecule has 156 valence electrons. The number of amides is 1. The Balaban J connectivity index is 1.47. The van der Waals surface area contributed by atoms with E-state index < -0.39 is 0 Å². The minimum absolute atomic E-state index is 0.0397. The topological polar surface area (TPSA) is 41.9 Å². The number of para-hydroxylation sites is 1. The summed E-state index contributed by atoms with van der Waals surface area (Å²) in [7, 11) is 1.77. The zero-order valence-electron chi connectivity index (χ0n) is 17.6. The summed E-state index contributed by atoms with van der Waals surface area (Å²) in [5.74, 6) is 0.758. The van der Waals surface area contributed by atoms with Crippen LogP contribution in [-0.2, 0) is 17.8 Å². The molecule has 0 saturated carbocycles. The van der Waals surface area contributed by atoms with E-state index in [1.54, 1.807) is 11.9 Å². The van der Waals surface area contributed by atoms with Gasteiger partial charge in [0.25, 0.3) is 5.91 Å². The number of benzene rings is 3. The third-order valence-electron chi connectivity index (χ3n) is 5.02. The van der Waals surface area contributed by atoms with Crippen LogP contribution in [0.15, 0.2) is 88.8 Å². The highest BCUT2D eigenvalue weighted by Crippen LogP contribution is 2.34. The molecule has 0 N–H and O–H groups in total. The lowest BCUT2D eigenvalue weighted by Gasteiger charge is -2.08. The average molecular weight is 429 g/mol. The minimum Gasteiger partial charge on any atom is -0.489 e. The Labute approximate surface area is 187 Å². The quantitative estimate of drug-likeness (QED) is 0.448. The lowest BCUT2D eigenvalue weighted by Crippen LogP contribution is -2.23. The molecule has 0 bridgehead atoms. The van der Waals surface area contributed by atoms with Crippen molar-refractivity contribution in [3.63, 3.8) is 0 Å². The van der Waals surface area contributed by atoms with Crippen molar-refractivity contribution in [2.24, 2.45) is 4.99 Å². The van der Waals surface area contributed by atoms with Crippen LogP contribution in [0, 0.1) is 0 Å². The molecule has 4 rings (SSSR count). The van der Waals surface area contributed by atoms with Crippen LogP contribution in [0.4, 0.5) is 5.69 Å². The molecule has 0 spiro atoms. The van der Waals surface area contributed by atoms with Gasteiger partial charge < -0.3 is 4.74 Å². The van der Waals surface area contributed by atoms with E-state index in [1.807, 2.05) is 78.9 Å². The largest absolute Gasteiger partial charge is 0.489 e. The fraction of sp³-hybridized carbons (Fsp3) is 0.154. The molecule has 1 aliphatic rings. The van der Waals surface area contributed by atoms with Crippen molar-refractivity contribution in [3.05, 3.63) is 100 Å². The van der Waals surface area contributed by atoms with Crippen molar-refractivity contribution in [2.45, 2.75) is 20.0 Å². The maximum atomic E-state index is 12.7. The predicted octanol–water partition coefficient (Wildman–Crippen LogP) is 6.06. The van der Waals surface area contributed by atoms with Crippen molar-refractivity contribution in [2.75, 3.05) is 7.05 Å². The van der Waals surface area contributed by atoms with Gasteiger partial charge in [0.1, 0.15) is 12.4 Å². The van der Waals surface area contributed by atoms with Gasteiger partial charge in [0.2, 0.25) is 0 Å². The van der Waals surface area contributed by atoms with Crippen LogP contribution in [0.3, 0.4) is 0 Å². The van der Waals surface area contributed by atoms with E-state index in [0.29, 0.717) is 16.7 Å². The zero-order chi connectivity index (χ0) is 21.6. The van der Waals surface area contributed by atoms with Crippen LogP contribution in [0.5, 0.6) is 5.75 Å². The third-order valence-corrected chi connectivity index (χ3v) is 6.08. The van der Waals surface area contributed by atoms with E-state index in [2.05, 4.69) is 13.0 Å². The smallest absolute Gasteiger partial charge is 0.266 e. The van der Waals surface area contributed by atoms with Crippen LogP contribution < -0.4 is 4.74 Å². The Morgan fingerprint density at radius 2 is 1.68 bits per heavy atom. The molecule has 1 heterocycles. The van der Waals surface area contributed by atoms with E-state index in [-0.39, 0.29) is 5.91 Å². The summed E-state index contributed by atoms with van der Waals surface area (Å²) in [6.07, 6.45) is 2.80.